The molecule has 0 saturated carbocycles. The lowest BCUT2D eigenvalue weighted by molar-refractivity contribution is 0.0736. The van der Waals surface area contributed by atoms with Gasteiger partial charge in [-0.3, -0.25) is 4.79 Å². The topological polar surface area (TPSA) is 57.7 Å². The van der Waals surface area contributed by atoms with Gasteiger partial charge in [0, 0.05) is 48.4 Å². The van der Waals surface area contributed by atoms with Crippen LogP contribution in [0.3, 0.4) is 0 Å². The number of halogens is 1. The first-order chi connectivity index (χ1) is 17.6. The number of ether oxygens (including phenoxy) is 1. The molecule has 0 atom stereocenters. The number of carbonyl (C=O) groups is 1. The molecule has 3 aromatic carbocycles. The van der Waals surface area contributed by atoms with Gasteiger partial charge in [-0.05, 0) is 66.2 Å². The van der Waals surface area contributed by atoms with E-state index in [0.717, 1.165) is 59.6 Å². The van der Waals surface area contributed by atoms with Crippen molar-refractivity contribution in [1.82, 2.24) is 15.2 Å². The van der Waals surface area contributed by atoms with Gasteiger partial charge in [0.15, 0.2) is 5.13 Å². The van der Waals surface area contributed by atoms with E-state index in [1.807, 2.05) is 58.8 Å². The monoisotopic (exact) mass is 502 g/mol. The summed E-state index contributed by atoms with van der Waals surface area (Å²) >= 11 is 1.53. The molecule has 4 aromatic rings. The van der Waals surface area contributed by atoms with Crippen molar-refractivity contribution in [2.24, 2.45) is 0 Å². The first-order valence-corrected chi connectivity index (χ1v) is 12.7. The molecule has 1 aliphatic heterocycles. The van der Waals surface area contributed by atoms with Gasteiger partial charge in [-0.25, -0.2) is 9.37 Å². The Hall–Kier alpha value is -3.75. The summed E-state index contributed by atoms with van der Waals surface area (Å²) in [6.07, 6.45) is 0. The molecule has 1 aromatic heterocycles. The van der Waals surface area contributed by atoms with Gasteiger partial charge >= 0.3 is 0 Å². The van der Waals surface area contributed by atoms with Crippen molar-refractivity contribution in [2.45, 2.75) is 6.54 Å². The molecule has 2 heterocycles. The maximum absolute atomic E-state index is 13.4. The zero-order valence-corrected chi connectivity index (χ0v) is 20.8. The molecule has 184 valence electrons. The predicted molar refractivity (Wildman–Crippen MR) is 142 cm³/mol. The molecule has 0 aliphatic carbocycles. The number of hydrogen-bond donors (Lipinski definition) is 1. The Balaban J connectivity index is 1.40. The zero-order valence-electron chi connectivity index (χ0n) is 20.0. The van der Waals surface area contributed by atoms with Gasteiger partial charge in [-0.1, -0.05) is 12.1 Å². The maximum atomic E-state index is 13.4. The largest absolute Gasteiger partial charge is 0.497 e. The van der Waals surface area contributed by atoms with Crippen LogP contribution in [0.5, 0.6) is 5.75 Å². The number of piperazine rings is 1. The molecule has 0 spiro atoms. The Morgan fingerprint density at radius 3 is 2.39 bits per heavy atom. The minimum Gasteiger partial charge on any atom is -0.497 e. The van der Waals surface area contributed by atoms with Crippen molar-refractivity contribution in [3.63, 3.8) is 0 Å². The predicted octanol–water partition coefficient (Wildman–Crippen LogP) is 5.34. The fraction of sp³-hybridized carbons (Fsp3) is 0.214. The van der Waals surface area contributed by atoms with E-state index >= 15 is 0 Å². The Kier molecular flexibility index (Phi) is 7.25. The summed E-state index contributed by atoms with van der Waals surface area (Å²) in [6.45, 7) is 3.69. The number of aromatic nitrogens is 1. The Labute approximate surface area is 214 Å². The first-order valence-electron chi connectivity index (χ1n) is 11.8. The Morgan fingerprint density at radius 2 is 1.72 bits per heavy atom. The molecule has 1 saturated heterocycles. The number of amides is 1. The second kappa shape index (κ2) is 10.9. The number of nitrogens with one attached hydrogen (secondary N) is 1. The molecular weight excluding hydrogens is 475 g/mol. The van der Waals surface area contributed by atoms with Gasteiger partial charge < -0.3 is 19.9 Å². The van der Waals surface area contributed by atoms with Gasteiger partial charge in [-0.2, -0.15) is 0 Å². The molecule has 1 aliphatic rings. The summed E-state index contributed by atoms with van der Waals surface area (Å²) in [7, 11) is 1.64. The van der Waals surface area contributed by atoms with E-state index in [1.54, 1.807) is 19.2 Å². The standard InChI is InChI=1S/C28H27FN4O2S/c1-35-25-12-10-24(11-13-25)33(28-31-26(19-36-28)21-6-8-23(29)9-7-21)18-20-2-4-22(5-3-20)27(34)32-16-14-30-15-17-32/h2-13,19,30H,14-18H2,1H3. The summed E-state index contributed by atoms with van der Waals surface area (Å²) in [6, 6.07) is 22.0. The number of benzene rings is 3. The van der Waals surface area contributed by atoms with Crippen LogP contribution in [0.25, 0.3) is 11.3 Å². The van der Waals surface area contributed by atoms with E-state index < -0.39 is 0 Å². The van der Waals surface area contributed by atoms with Crippen LogP contribution < -0.4 is 15.0 Å². The molecule has 0 radical (unpaired) electrons. The summed E-state index contributed by atoms with van der Waals surface area (Å²) in [4.78, 5) is 21.7. The lowest BCUT2D eigenvalue weighted by Crippen LogP contribution is -2.46. The zero-order chi connectivity index (χ0) is 24.9. The van der Waals surface area contributed by atoms with Gasteiger partial charge in [0.05, 0.1) is 19.3 Å². The molecule has 1 amide bonds. The fourth-order valence-electron chi connectivity index (χ4n) is 4.16. The third kappa shape index (κ3) is 5.40. The van der Waals surface area contributed by atoms with E-state index in [-0.39, 0.29) is 11.7 Å². The summed E-state index contributed by atoms with van der Waals surface area (Å²) in [5.74, 6) is 0.576. The van der Waals surface area contributed by atoms with Crippen LogP contribution in [-0.2, 0) is 6.54 Å². The van der Waals surface area contributed by atoms with Gasteiger partial charge in [0.2, 0.25) is 0 Å². The maximum Gasteiger partial charge on any atom is 0.253 e. The molecule has 36 heavy (non-hydrogen) atoms. The van der Waals surface area contributed by atoms with Crippen molar-refractivity contribution < 1.29 is 13.9 Å². The van der Waals surface area contributed by atoms with Gasteiger partial charge in [0.1, 0.15) is 11.6 Å². The highest BCUT2D eigenvalue weighted by atomic mass is 32.1. The van der Waals surface area contributed by atoms with Crippen molar-refractivity contribution in [3.8, 4) is 17.0 Å². The SMILES string of the molecule is COc1ccc(N(Cc2ccc(C(=O)N3CCNCC3)cc2)c2nc(-c3ccc(F)cc3)cs2)cc1. The minimum absolute atomic E-state index is 0.0684. The highest BCUT2D eigenvalue weighted by molar-refractivity contribution is 7.14. The van der Waals surface area contributed by atoms with Crippen LogP contribution in [0, 0.1) is 5.82 Å². The van der Waals surface area contributed by atoms with Crippen molar-refractivity contribution in [3.05, 3.63) is 95.1 Å². The normalized spacial score (nSPS) is 13.4. The molecule has 1 N–H and O–H groups in total. The minimum atomic E-state index is -0.270. The summed E-state index contributed by atoms with van der Waals surface area (Å²) in [5, 5.41) is 6.08. The Bertz CT molecular complexity index is 1300. The van der Waals surface area contributed by atoms with E-state index in [0.29, 0.717) is 12.1 Å². The van der Waals surface area contributed by atoms with Gasteiger partial charge in [-0.15, -0.1) is 11.3 Å². The molecular formula is C28H27FN4O2S. The average Bonchev–Trinajstić information content (AvgIpc) is 3.43. The number of carbonyl (C=O) groups excluding carboxylic acids is 1. The molecule has 8 heteroatoms. The molecule has 0 bridgehead atoms. The van der Waals surface area contributed by atoms with Gasteiger partial charge in [0.25, 0.3) is 5.91 Å². The van der Waals surface area contributed by atoms with E-state index in [4.69, 9.17) is 9.72 Å². The second-order valence-corrected chi connectivity index (χ2v) is 9.38. The first kappa shape index (κ1) is 24.0. The van der Waals surface area contributed by atoms with Crippen LogP contribution in [0.4, 0.5) is 15.2 Å². The lowest BCUT2D eigenvalue weighted by Gasteiger charge is -2.27. The van der Waals surface area contributed by atoms with Crippen LogP contribution in [0.2, 0.25) is 0 Å². The fourth-order valence-corrected chi connectivity index (χ4v) is 5.01. The van der Waals surface area contributed by atoms with E-state index in [1.165, 1.54) is 23.5 Å². The van der Waals surface area contributed by atoms with Crippen LogP contribution in [-0.4, -0.2) is 49.1 Å². The van der Waals surface area contributed by atoms with Crippen molar-refractivity contribution >= 4 is 28.1 Å². The van der Waals surface area contributed by atoms with Crippen LogP contribution in [0.15, 0.2) is 78.2 Å². The molecule has 5 rings (SSSR count). The highest BCUT2D eigenvalue weighted by Crippen LogP contribution is 2.34. The quantitative estimate of drug-likeness (QED) is 0.370. The summed E-state index contributed by atoms with van der Waals surface area (Å²) in [5.41, 5.74) is 4.39. The van der Waals surface area contributed by atoms with Crippen LogP contribution >= 0.6 is 11.3 Å². The van der Waals surface area contributed by atoms with Crippen LogP contribution in [0.1, 0.15) is 15.9 Å². The van der Waals surface area contributed by atoms with E-state index in [9.17, 15) is 9.18 Å². The lowest BCUT2D eigenvalue weighted by atomic mass is 10.1. The summed E-state index contributed by atoms with van der Waals surface area (Å²) < 4.78 is 18.7. The smallest absolute Gasteiger partial charge is 0.253 e. The number of nitrogens with zero attached hydrogens (tertiary/aromatic N) is 3. The number of rotatable bonds is 7. The third-order valence-corrected chi connectivity index (χ3v) is 7.06. The second-order valence-electron chi connectivity index (χ2n) is 8.55. The molecule has 6 nitrogen and oxygen atoms in total. The molecule has 1 fully saturated rings. The third-order valence-electron chi connectivity index (χ3n) is 6.19. The highest BCUT2D eigenvalue weighted by Gasteiger charge is 2.19. The number of anilines is 2. The number of methoxy groups -OCH3 is 1. The average molecular weight is 503 g/mol. The molecule has 0 unspecified atom stereocenters. The van der Waals surface area contributed by atoms with Crippen molar-refractivity contribution in [1.29, 1.82) is 0 Å². The number of thiazole rings is 1. The van der Waals surface area contributed by atoms with Crippen molar-refractivity contribution in [2.75, 3.05) is 38.2 Å². The number of hydrogen-bond acceptors (Lipinski definition) is 6. The Morgan fingerprint density at radius 1 is 1.03 bits per heavy atom. The van der Waals surface area contributed by atoms with E-state index in [2.05, 4.69) is 10.2 Å².